The van der Waals surface area contributed by atoms with E-state index in [9.17, 15) is 19.7 Å². The van der Waals surface area contributed by atoms with Crippen molar-refractivity contribution >= 4 is 17.6 Å². The van der Waals surface area contributed by atoms with E-state index in [1.807, 2.05) is 0 Å². The summed E-state index contributed by atoms with van der Waals surface area (Å²) in [6.07, 6.45) is 2.37. The molecule has 0 aliphatic rings. The van der Waals surface area contributed by atoms with Gasteiger partial charge in [0.05, 0.1) is 11.3 Å². The molecule has 0 radical (unpaired) electrons. The Bertz CT molecular complexity index is 525. The highest BCUT2D eigenvalue weighted by Gasteiger charge is 2.18. The summed E-state index contributed by atoms with van der Waals surface area (Å²) in [7, 11) is 0. The van der Waals surface area contributed by atoms with Crippen molar-refractivity contribution < 1.29 is 19.6 Å². The molecular weight excluding hydrogens is 280 g/mol. The van der Waals surface area contributed by atoms with Crippen molar-refractivity contribution in [3.8, 4) is 0 Å². The lowest BCUT2D eigenvalue weighted by atomic mass is 10.2. The molecule has 0 bridgehead atoms. The predicted molar refractivity (Wildman–Crippen MR) is 72.6 cm³/mol. The second kappa shape index (κ2) is 7.36. The number of hydrogen-bond donors (Lipinski definition) is 1. The van der Waals surface area contributed by atoms with Crippen LogP contribution in [0.15, 0.2) is 12.4 Å². The molecule has 1 aromatic heterocycles. The van der Waals surface area contributed by atoms with Crippen LogP contribution in [0.4, 0.5) is 5.69 Å². The molecule has 0 saturated heterocycles. The summed E-state index contributed by atoms with van der Waals surface area (Å²) in [5.41, 5.74) is -0.131. The Morgan fingerprint density at radius 1 is 1.48 bits per heavy atom. The molecule has 1 rings (SSSR count). The van der Waals surface area contributed by atoms with Crippen LogP contribution in [-0.2, 0) is 16.1 Å². The van der Waals surface area contributed by atoms with Gasteiger partial charge in [0, 0.05) is 25.6 Å². The summed E-state index contributed by atoms with van der Waals surface area (Å²) >= 11 is 0. The number of hydrogen-bond acceptors (Lipinski definition) is 5. The molecule has 0 aliphatic heterocycles. The fourth-order valence-electron chi connectivity index (χ4n) is 1.81. The minimum atomic E-state index is -0.962. The van der Waals surface area contributed by atoms with Gasteiger partial charge in [-0.15, -0.1) is 0 Å². The standard InChI is InChI=1S/C12H18N4O5/c1-9(2)15(6-4-12(18)19)11(17)3-5-14-8-10(7-13-14)16(20)21/h7-9H,3-6H2,1-2H3,(H,18,19). The maximum absolute atomic E-state index is 12.1. The quantitative estimate of drug-likeness (QED) is 0.562. The minimum Gasteiger partial charge on any atom is -0.481 e. The Morgan fingerprint density at radius 3 is 2.62 bits per heavy atom. The van der Waals surface area contributed by atoms with E-state index in [1.165, 1.54) is 15.8 Å². The van der Waals surface area contributed by atoms with Gasteiger partial charge in [-0.05, 0) is 13.8 Å². The van der Waals surface area contributed by atoms with E-state index in [4.69, 9.17) is 5.11 Å². The van der Waals surface area contributed by atoms with Gasteiger partial charge < -0.3 is 10.0 Å². The van der Waals surface area contributed by atoms with Gasteiger partial charge in [0.1, 0.15) is 12.4 Å². The number of aromatic nitrogens is 2. The first kappa shape index (κ1) is 16.6. The third kappa shape index (κ3) is 5.21. The summed E-state index contributed by atoms with van der Waals surface area (Å²) in [5.74, 6) is -1.17. The molecule has 1 heterocycles. The summed E-state index contributed by atoms with van der Waals surface area (Å²) in [6, 6.07) is -0.108. The van der Waals surface area contributed by atoms with Gasteiger partial charge in [-0.3, -0.25) is 24.4 Å². The van der Waals surface area contributed by atoms with E-state index < -0.39 is 10.9 Å². The lowest BCUT2D eigenvalue weighted by Gasteiger charge is -2.26. The number of carbonyl (C=O) groups is 2. The highest BCUT2D eigenvalue weighted by atomic mass is 16.6. The van der Waals surface area contributed by atoms with Crippen LogP contribution in [0, 0.1) is 10.1 Å². The second-order valence-electron chi connectivity index (χ2n) is 4.79. The fraction of sp³-hybridized carbons (Fsp3) is 0.583. The number of nitrogens with zero attached hydrogens (tertiary/aromatic N) is 4. The van der Waals surface area contributed by atoms with Gasteiger partial charge in [0.2, 0.25) is 5.91 Å². The van der Waals surface area contributed by atoms with Gasteiger partial charge in [0.25, 0.3) is 0 Å². The smallest absolute Gasteiger partial charge is 0.306 e. The maximum atomic E-state index is 12.1. The molecular formula is C12H18N4O5. The summed E-state index contributed by atoms with van der Waals surface area (Å²) < 4.78 is 1.33. The van der Waals surface area contributed by atoms with Crippen molar-refractivity contribution in [2.45, 2.75) is 39.3 Å². The molecule has 0 aliphatic carbocycles. The third-order valence-corrected chi connectivity index (χ3v) is 2.90. The Kier molecular flexibility index (Phi) is 5.82. The molecule has 116 valence electrons. The zero-order valence-corrected chi connectivity index (χ0v) is 11.9. The van der Waals surface area contributed by atoms with Crippen LogP contribution >= 0.6 is 0 Å². The number of carboxylic acid groups (broad SMARTS) is 1. The zero-order chi connectivity index (χ0) is 16.0. The van der Waals surface area contributed by atoms with E-state index in [0.717, 1.165) is 6.20 Å². The largest absolute Gasteiger partial charge is 0.481 e. The van der Waals surface area contributed by atoms with Crippen LogP contribution in [0.1, 0.15) is 26.7 Å². The molecule has 1 amide bonds. The molecule has 1 N–H and O–H groups in total. The summed E-state index contributed by atoms with van der Waals surface area (Å²) in [4.78, 5) is 34.1. The topological polar surface area (TPSA) is 119 Å². The maximum Gasteiger partial charge on any atom is 0.306 e. The van der Waals surface area contributed by atoms with Crippen LogP contribution in [-0.4, -0.2) is 49.2 Å². The number of nitro groups is 1. The van der Waals surface area contributed by atoms with Crippen LogP contribution < -0.4 is 0 Å². The summed E-state index contributed by atoms with van der Waals surface area (Å²) in [6.45, 7) is 3.96. The van der Waals surface area contributed by atoms with Crippen molar-refractivity contribution in [1.82, 2.24) is 14.7 Å². The van der Waals surface area contributed by atoms with E-state index in [-0.39, 0.29) is 43.6 Å². The molecule has 0 spiro atoms. The Morgan fingerprint density at radius 2 is 2.14 bits per heavy atom. The van der Waals surface area contributed by atoms with Crippen molar-refractivity contribution in [3.05, 3.63) is 22.5 Å². The van der Waals surface area contributed by atoms with Crippen LogP contribution in [0.3, 0.4) is 0 Å². The molecule has 9 nitrogen and oxygen atoms in total. The van der Waals surface area contributed by atoms with Crippen molar-refractivity contribution in [2.24, 2.45) is 0 Å². The zero-order valence-electron chi connectivity index (χ0n) is 11.9. The second-order valence-corrected chi connectivity index (χ2v) is 4.79. The average molecular weight is 298 g/mol. The lowest BCUT2D eigenvalue weighted by molar-refractivity contribution is -0.385. The van der Waals surface area contributed by atoms with Crippen molar-refractivity contribution in [2.75, 3.05) is 6.54 Å². The first-order valence-corrected chi connectivity index (χ1v) is 6.49. The predicted octanol–water partition coefficient (Wildman–Crippen LogP) is 0.893. The van der Waals surface area contributed by atoms with E-state index in [0.29, 0.717) is 0 Å². The molecule has 21 heavy (non-hydrogen) atoms. The monoisotopic (exact) mass is 298 g/mol. The fourth-order valence-corrected chi connectivity index (χ4v) is 1.81. The number of rotatable bonds is 8. The first-order chi connectivity index (χ1) is 9.81. The normalized spacial score (nSPS) is 10.6. The Balaban J connectivity index is 2.56. The number of aliphatic carboxylic acids is 1. The minimum absolute atomic E-state index is 0.108. The molecule has 0 unspecified atom stereocenters. The van der Waals surface area contributed by atoms with Gasteiger partial charge >= 0.3 is 11.7 Å². The molecule has 0 saturated carbocycles. The van der Waals surface area contributed by atoms with E-state index >= 15 is 0 Å². The SMILES string of the molecule is CC(C)N(CCC(=O)O)C(=O)CCn1cc([N+](=O)[O-])cn1. The van der Waals surface area contributed by atoms with Crippen molar-refractivity contribution in [3.63, 3.8) is 0 Å². The highest BCUT2D eigenvalue weighted by molar-refractivity contribution is 5.77. The third-order valence-electron chi connectivity index (χ3n) is 2.90. The number of amides is 1. The summed E-state index contributed by atoms with van der Waals surface area (Å²) in [5, 5.41) is 23.0. The first-order valence-electron chi connectivity index (χ1n) is 6.49. The van der Waals surface area contributed by atoms with E-state index in [1.54, 1.807) is 13.8 Å². The molecule has 0 atom stereocenters. The molecule has 0 aromatic carbocycles. The van der Waals surface area contributed by atoms with Crippen molar-refractivity contribution in [1.29, 1.82) is 0 Å². The Hall–Kier alpha value is -2.45. The highest BCUT2D eigenvalue weighted by Crippen LogP contribution is 2.09. The van der Waals surface area contributed by atoms with Crippen LogP contribution in [0.2, 0.25) is 0 Å². The number of carboxylic acids is 1. The lowest BCUT2D eigenvalue weighted by Crippen LogP contribution is -2.38. The average Bonchev–Trinajstić information content (AvgIpc) is 2.84. The molecule has 0 fully saturated rings. The van der Waals surface area contributed by atoms with Gasteiger partial charge in [0.15, 0.2) is 0 Å². The Labute approximate surface area is 121 Å². The number of carbonyl (C=O) groups excluding carboxylic acids is 1. The number of aryl methyl sites for hydroxylation is 1. The van der Waals surface area contributed by atoms with Gasteiger partial charge in [-0.25, -0.2) is 0 Å². The van der Waals surface area contributed by atoms with Gasteiger partial charge in [-0.2, -0.15) is 5.10 Å². The van der Waals surface area contributed by atoms with Crippen LogP contribution in [0.25, 0.3) is 0 Å². The molecule has 9 heteroatoms. The van der Waals surface area contributed by atoms with E-state index in [2.05, 4.69) is 5.10 Å². The van der Waals surface area contributed by atoms with Crippen LogP contribution in [0.5, 0.6) is 0 Å². The van der Waals surface area contributed by atoms with Gasteiger partial charge in [-0.1, -0.05) is 0 Å². The molecule has 1 aromatic rings.